The van der Waals surface area contributed by atoms with Crippen molar-refractivity contribution < 1.29 is 0 Å². The second-order valence-electron chi connectivity index (χ2n) is 7.00. The number of piperidine rings is 1. The third kappa shape index (κ3) is 6.34. The van der Waals surface area contributed by atoms with Crippen LogP contribution in [0, 0.1) is 12.8 Å². The van der Waals surface area contributed by atoms with Gasteiger partial charge in [0.2, 0.25) is 0 Å². The average Bonchev–Trinajstić information content (AvgIpc) is 3.08. The Hall–Kier alpha value is -1.35. The highest BCUT2D eigenvalue weighted by Gasteiger charge is 2.16. The summed E-state index contributed by atoms with van der Waals surface area (Å²) >= 11 is 1.77. The molecule has 1 fully saturated rings. The van der Waals surface area contributed by atoms with E-state index < -0.39 is 0 Å². The summed E-state index contributed by atoms with van der Waals surface area (Å²) < 4.78 is 0. The largest absolute Gasteiger partial charge is 0.357 e. The van der Waals surface area contributed by atoms with Crippen LogP contribution in [0.2, 0.25) is 0 Å². The summed E-state index contributed by atoms with van der Waals surface area (Å²) in [5, 5.41) is 8.86. The number of guanidine groups is 1. The maximum Gasteiger partial charge on any atom is 0.191 e. The Kier molecular flexibility index (Phi) is 8.82. The fraction of sp³-hybridized carbons (Fsp3) is 0.500. The van der Waals surface area contributed by atoms with Gasteiger partial charge in [-0.3, -0.25) is 4.99 Å². The SMILES string of the molecule is CN=C(NCc1ccc(N2CCC(C)CC2)nc1)NCc1sccc1C.I. The number of aliphatic imine (C=N–C) groups is 1. The van der Waals surface area contributed by atoms with Crippen LogP contribution < -0.4 is 15.5 Å². The Labute approximate surface area is 183 Å². The first-order valence-corrected chi connectivity index (χ1v) is 10.2. The van der Waals surface area contributed by atoms with Gasteiger partial charge in [0.25, 0.3) is 0 Å². The molecule has 0 aliphatic carbocycles. The Balaban J connectivity index is 0.00000261. The van der Waals surface area contributed by atoms with Crippen molar-refractivity contribution in [2.75, 3.05) is 25.0 Å². The van der Waals surface area contributed by atoms with E-state index in [1.54, 1.807) is 18.4 Å². The van der Waals surface area contributed by atoms with E-state index in [9.17, 15) is 0 Å². The number of aromatic nitrogens is 1. The molecule has 0 saturated carbocycles. The smallest absolute Gasteiger partial charge is 0.191 e. The minimum absolute atomic E-state index is 0. The van der Waals surface area contributed by atoms with Crippen molar-refractivity contribution in [1.82, 2.24) is 15.6 Å². The molecule has 27 heavy (non-hydrogen) atoms. The number of halogens is 1. The van der Waals surface area contributed by atoms with E-state index in [0.29, 0.717) is 6.54 Å². The van der Waals surface area contributed by atoms with Gasteiger partial charge >= 0.3 is 0 Å². The molecule has 7 heteroatoms. The number of aryl methyl sites for hydroxylation is 1. The van der Waals surface area contributed by atoms with Gasteiger partial charge in [-0.15, -0.1) is 35.3 Å². The summed E-state index contributed by atoms with van der Waals surface area (Å²) in [6, 6.07) is 6.44. The van der Waals surface area contributed by atoms with Gasteiger partial charge in [-0.25, -0.2) is 4.98 Å². The number of rotatable bonds is 5. The Morgan fingerprint density at radius 2 is 1.96 bits per heavy atom. The normalized spacial score (nSPS) is 15.4. The number of nitrogens with one attached hydrogen (secondary N) is 2. The van der Waals surface area contributed by atoms with E-state index >= 15 is 0 Å². The van der Waals surface area contributed by atoms with E-state index in [-0.39, 0.29) is 24.0 Å². The molecule has 1 saturated heterocycles. The molecule has 5 nitrogen and oxygen atoms in total. The Bertz CT molecular complexity index is 720. The fourth-order valence-electron chi connectivity index (χ4n) is 3.10. The van der Waals surface area contributed by atoms with Crippen molar-refractivity contribution >= 4 is 47.1 Å². The molecule has 0 bridgehead atoms. The van der Waals surface area contributed by atoms with Crippen molar-refractivity contribution in [2.45, 2.75) is 39.8 Å². The summed E-state index contributed by atoms with van der Waals surface area (Å²) in [5.41, 5.74) is 2.49. The van der Waals surface area contributed by atoms with E-state index in [1.807, 2.05) is 6.20 Å². The number of nitrogens with zero attached hydrogens (tertiary/aromatic N) is 3. The zero-order chi connectivity index (χ0) is 18.4. The van der Waals surface area contributed by atoms with Crippen molar-refractivity contribution in [1.29, 1.82) is 0 Å². The summed E-state index contributed by atoms with van der Waals surface area (Å²) in [4.78, 5) is 12.7. The summed E-state index contributed by atoms with van der Waals surface area (Å²) in [6.45, 7) is 8.22. The molecule has 0 radical (unpaired) electrons. The van der Waals surface area contributed by atoms with Crippen LogP contribution in [-0.2, 0) is 13.1 Å². The van der Waals surface area contributed by atoms with Gasteiger partial charge < -0.3 is 15.5 Å². The minimum atomic E-state index is 0. The molecule has 0 amide bonds. The van der Waals surface area contributed by atoms with Gasteiger partial charge in [-0.2, -0.15) is 0 Å². The maximum absolute atomic E-state index is 4.66. The van der Waals surface area contributed by atoms with Crippen LogP contribution in [0.25, 0.3) is 0 Å². The molecule has 2 N–H and O–H groups in total. The lowest BCUT2D eigenvalue weighted by Gasteiger charge is -2.31. The topological polar surface area (TPSA) is 52.6 Å². The van der Waals surface area contributed by atoms with E-state index in [0.717, 1.165) is 42.9 Å². The summed E-state index contributed by atoms with van der Waals surface area (Å²) in [5.74, 6) is 2.75. The van der Waals surface area contributed by atoms with E-state index in [1.165, 1.54) is 23.3 Å². The predicted octanol–water partition coefficient (Wildman–Crippen LogP) is 4.17. The zero-order valence-corrected chi connectivity index (χ0v) is 19.5. The van der Waals surface area contributed by atoms with Gasteiger partial charge in [0.15, 0.2) is 5.96 Å². The lowest BCUT2D eigenvalue weighted by molar-refractivity contribution is 0.436. The Morgan fingerprint density at radius 3 is 2.56 bits per heavy atom. The average molecular weight is 499 g/mol. The first-order chi connectivity index (χ1) is 12.7. The third-order valence-electron chi connectivity index (χ3n) is 4.98. The maximum atomic E-state index is 4.66. The highest BCUT2D eigenvalue weighted by atomic mass is 127. The third-order valence-corrected chi connectivity index (χ3v) is 6.01. The van der Waals surface area contributed by atoms with Crippen LogP contribution in [0.15, 0.2) is 34.8 Å². The van der Waals surface area contributed by atoms with Crippen LogP contribution in [0.5, 0.6) is 0 Å². The molecular weight excluding hydrogens is 469 g/mol. The minimum Gasteiger partial charge on any atom is -0.357 e. The van der Waals surface area contributed by atoms with Gasteiger partial charge in [0.1, 0.15) is 5.82 Å². The Morgan fingerprint density at radius 1 is 1.22 bits per heavy atom. The molecule has 1 aliphatic rings. The van der Waals surface area contributed by atoms with Crippen molar-refractivity contribution in [3.05, 3.63) is 45.8 Å². The number of anilines is 1. The molecule has 3 heterocycles. The first kappa shape index (κ1) is 21.9. The van der Waals surface area contributed by atoms with Crippen LogP contribution in [0.3, 0.4) is 0 Å². The summed E-state index contributed by atoms with van der Waals surface area (Å²) in [6.07, 6.45) is 4.49. The van der Waals surface area contributed by atoms with Crippen molar-refractivity contribution in [3.63, 3.8) is 0 Å². The fourth-order valence-corrected chi connectivity index (χ4v) is 3.95. The van der Waals surface area contributed by atoms with Crippen LogP contribution in [-0.4, -0.2) is 31.1 Å². The van der Waals surface area contributed by atoms with Crippen LogP contribution in [0.1, 0.15) is 35.8 Å². The molecule has 0 spiro atoms. The quantitative estimate of drug-likeness (QED) is 0.369. The predicted molar refractivity (Wildman–Crippen MR) is 126 cm³/mol. The van der Waals surface area contributed by atoms with E-state index in [4.69, 9.17) is 0 Å². The lowest BCUT2D eigenvalue weighted by Crippen LogP contribution is -2.36. The first-order valence-electron chi connectivity index (χ1n) is 9.33. The molecule has 0 aromatic carbocycles. The molecular formula is C20H30IN5S. The van der Waals surface area contributed by atoms with E-state index in [2.05, 4.69) is 62.9 Å². The molecule has 148 valence electrons. The van der Waals surface area contributed by atoms with Gasteiger partial charge in [0.05, 0.1) is 6.54 Å². The molecule has 2 aromatic heterocycles. The van der Waals surface area contributed by atoms with Crippen molar-refractivity contribution in [2.24, 2.45) is 10.9 Å². The van der Waals surface area contributed by atoms with Crippen molar-refractivity contribution in [3.8, 4) is 0 Å². The molecule has 0 unspecified atom stereocenters. The highest BCUT2D eigenvalue weighted by Crippen LogP contribution is 2.21. The van der Waals surface area contributed by atoms with Crippen LogP contribution in [0.4, 0.5) is 5.82 Å². The van der Waals surface area contributed by atoms with Gasteiger partial charge in [0, 0.05) is 37.8 Å². The number of hydrogen-bond acceptors (Lipinski definition) is 4. The number of thiophene rings is 1. The number of hydrogen-bond donors (Lipinski definition) is 2. The lowest BCUT2D eigenvalue weighted by atomic mass is 9.99. The zero-order valence-electron chi connectivity index (χ0n) is 16.4. The number of pyridine rings is 1. The molecule has 1 aliphatic heterocycles. The molecule has 0 atom stereocenters. The summed E-state index contributed by atoms with van der Waals surface area (Å²) in [7, 11) is 1.80. The highest BCUT2D eigenvalue weighted by molar-refractivity contribution is 14.0. The standard InChI is InChI=1S/C20H29N5S.HI/c1-15-6-9-25(10-7-15)19-5-4-17(12-22-19)13-23-20(21-3)24-14-18-16(2)8-11-26-18;/h4-5,8,11-12,15H,6-7,9-10,13-14H2,1-3H3,(H2,21,23,24);1H. The molecule has 2 aromatic rings. The second kappa shape index (κ2) is 10.8. The molecule has 3 rings (SSSR count). The van der Waals surface area contributed by atoms with Gasteiger partial charge in [-0.1, -0.05) is 13.0 Å². The monoisotopic (exact) mass is 499 g/mol. The van der Waals surface area contributed by atoms with Crippen LogP contribution >= 0.6 is 35.3 Å². The second-order valence-corrected chi connectivity index (χ2v) is 8.00. The van der Waals surface area contributed by atoms with Gasteiger partial charge in [-0.05, 0) is 54.3 Å².